The summed E-state index contributed by atoms with van der Waals surface area (Å²) in [5.74, 6) is 0.698. The summed E-state index contributed by atoms with van der Waals surface area (Å²) in [7, 11) is 1.60. The van der Waals surface area contributed by atoms with E-state index in [0.717, 1.165) is 16.8 Å². The van der Waals surface area contributed by atoms with Crippen molar-refractivity contribution in [2.75, 3.05) is 7.11 Å². The van der Waals surface area contributed by atoms with Crippen molar-refractivity contribution in [3.63, 3.8) is 0 Å². The molecule has 4 heteroatoms. The summed E-state index contributed by atoms with van der Waals surface area (Å²) in [5.41, 5.74) is 1.57. The average Bonchev–Trinajstić information content (AvgIpc) is 2.59. The van der Waals surface area contributed by atoms with Crippen LogP contribution in [-0.2, 0) is 0 Å². The number of aromatic nitrogens is 2. The van der Waals surface area contributed by atoms with E-state index in [1.54, 1.807) is 13.2 Å². The maximum absolute atomic E-state index is 11.2. The molecule has 0 aliphatic heterocycles. The quantitative estimate of drug-likeness (QED) is 0.687. The Morgan fingerprint density at radius 1 is 1.50 bits per heavy atom. The molecule has 0 amide bonds. The van der Waals surface area contributed by atoms with Crippen molar-refractivity contribution < 1.29 is 9.53 Å². The minimum absolute atomic E-state index is 0.0438. The van der Waals surface area contributed by atoms with Gasteiger partial charge in [-0.25, -0.2) is 4.98 Å². The van der Waals surface area contributed by atoms with Gasteiger partial charge in [-0.1, -0.05) is 0 Å². The number of benzene rings is 1. The van der Waals surface area contributed by atoms with E-state index in [-0.39, 0.29) is 5.91 Å². The predicted octanol–water partition coefficient (Wildman–Crippen LogP) is 1.70. The number of rotatable bonds is 1. The Balaban J connectivity index is 2.65. The highest BCUT2D eigenvalue weighted by molar-refractivity contribution is 5.89. The summed E-state index contributed by atoms with van der Waals surface area (Å²) in [6, 6.07) is 5.43. The third kappa shape index (κ3) is 1.25. The van der Waals surface area contributed by atoms with E-state index in [4.69, 9.17) is 4.74 Å². The first-order valence-electron chi connectivity index (χ1n) is 4.24. The van der Waals surface area contributed by atoms with Gasteiger partial charge in [-0.2, -0.15) is 0 Å². The molecule has 0 bridgehead atoms. The molecule has 0 saturated carbocycles. The van der Waals surface area contributed by atoms with Crippen LogP contribution in [0.1, 0.15) is 11.7 Å². The van der Waals surface area contributed by atoms with Crippen LogP contribution in [-0.4, -0.2) is 22.6 Å². The molecule has 0 saturated heterocycles. The first-order chi connectivity index (χ1) is 6.72. The number of ether oxygens (including phenoxy) is 1. The van der Waals surface area contributed by atoms with Gasteiger partial charge in [0.05, 0.1) is 18.1 Å². The lowest BCUT2D eigenvalue weighted by Gasteiger charge is -2.00. The topological polar surface area (TPSA) is 44.1 Å². The molecule has 2 rings (SSSR count). The highest BCUT2D eigenvalue weighted by atomic mass is 16.5. The zero-order valence-electron chi connectivity index (χ0n) is 8.02. The van der Waals surface area contributed by atoms with Crippen molar-refractivity contribution in [1.29, 1.82) is 0 Å². The molecule has 0 unspecified atom stereocenters. The van der Waals surface area contributed by atoms with Crippen LogP contribution in [0.2, 0.25) is 0 Å². The second kappa shape index (κ2) is 3.14. The second-order valence-corrected chi connectivity index (χ2v) is 2.99. The van der Waals surface area contributed by atoms with Crippen molar-refractivity contribution in [1.82, 2.24) is 9.55 Å². The molecule has 0 spiro atoms. The number of carbonyl (C=O) groups is 1. The van der Waals surface area contributed by atoms with Crippen LogP contribution in [0.15, 0.2) is 24.5 Å². The third-order valence-electron chi connectivity index (χ3n) is 2.09. The van der Waals surface area contributed by atoms with Gasteiger partial charge in [0.2, 0.25) is 5.91 Å². The third-order valence-corrected chi connectivity index (χ3v) is 2.09. The molecule has 0 aliphatic rings. The molecular formula is C10H10N2O2. The normalized spacial score (nSPS) is 10.4. The first-order valence-corrected chi connectivity index (χ1v) is 4.24. The van der Waals surface area contributed by atoms with Crippen molar-refractivity contribution in [3.05, 3.63) is 24.5 Å². The van der Waals surface area contributed by atoms with Crippen LogP contribution in [0.5, 0.6) is 5.75 Å². The van der Waals surface area contributed by atoms with Crippen LogP contribution in [0.3, 0.4) is 0 Å². The van der Waals surface area contributed by atoms with Crippen LogP contribution in [0.4, 0.5) is 0 Å². The lowest BCUT2D eigenvalue weighted by Crippen LogP contribution is -2.02. The lowest BCUT2D eigenvalue weighted by atomic mass is 10.3. The van der Waals surface area contributed by atoms with Crippen LogP contribution >= 0.6 is 0 Å². The summed E-state index contributed by atoms with van der Waals surface area (Å²) in [6.45, 7) is 1.51. The molecule has 14 heavy (non-hydrogen) atoms. The van der Waals surface area contributed by atoms with Gasteiger partial charge in [-0.3, -0.25) is 9.36 Å². The number of nitrogens with zero attached hydrogens (tertiary/aromatic N) is 2. The van der Waals surface area contributed by atoms with Gasteiger partial charge in [-0.05, 0) is 12.1 Å². The second-order valence-electron chi connectivity index (χ2n) is 2.99. The Kier molecular flexibility index (Phi) is 1.96. The molecule has 0 aliphatic carbocycles. The maximum atomic E-state index is 11.2. The molecule has 1 aromatic carbocycles. The van der Waals surface area contributed by atoms with Gasteiger partial charge in [-0.15, -0.1) is 0 Å². The minimum Gasteiger partial charge on any atom is -0.497 e. The Bertz CT molecular complexity index is 488. The molecule has 0 fully saturated rings. The molecule has 2 aromatic rings. The van der Waals surface area contributed by atoms with Gasteiger partial charge in [0.15, 0.2) is 0 Å². The monoisotopic (exact) mass is 190 g/mol. The number of imidazole rings is 1. The minimum atomic E-state index is -0.0438. The van der Waals surface area contributed by atoms with Crippen molar-refractivity contribution in [3.8, 4) is 5.75 Å². The van der Waals surface area contributed by atoms with E-state index in [9.17, 15) is 4.79 Å². The summed E-state index contributed by atoms with van der Waals surface area (Å²) in [6.07, 6.45) is 1.52. The Morgan fingerprint density at radius 3 is 2.93 bits per heavy atom. The fourth-order valence-electron chi connectivity index (χ4n) is 1.37. The molecule has 0 N–H and O–H groups in total. The van der Waals surface area contributed by atoms with E-state index < -0.39 is 0 Å². The van der Waals surface area contributed by atoms with Gasteiger partial charge in [0.25, 0.3) is 0 Å². The molecule has 0 radical (unpaired) electrons. The molecular weight excluding hydrogens is 180 g/mol. The molecule has 1 heterocycles. The number of carbonyl (C=O) groups excluding carboxylic acids is 1. The van der Waals surface area contributed by atoms with Gasteiger partial charge >= 0.3 is 0 Å². The van der Waals surface area contributed by atoms with E-state index in [1.165, 1.54) is 17.8 Å². The summed E-state index contributed by atoms with van der Waals surface area (Å²) in [5, 5.41) is 0. The number of methoxy groups -OCH3 is 1. The smallest absolute Gasteiger partial charge is 0.229 e. The number of hydrogen-bond donors (Lipinski definition) is 0. The highest BCUT2D eigenvalue weighted by Crippen LogP contribution is 2.19. The first kappa shape index (κ1) is 8.74. The highest BCUT2D eigenvalue weighted by Gasteiger charge is 2.05. The summed E-state index contributed by atoms with van der Waals surface area (Å²) in [4.78, 5) is 15.3. The van der Waals surface area contributed by atoms with Crippen molar-refractivity contribution in [2.45, 2.75) is 6.92 Å². The van der Waals surface area contributed by atoms with Crippen LogP contribution < -0.4 is 4.74 Å². The maximum Gasteiger partial charge on any atom is 0.229 e. The standard InChI is InChI=1S/C10H10N2O2/c1-7(13)12-6-11-9-5-8(14-2)3-4-10(9)12/h3-6H,1-2H3. The van der Waals surface area contributed by atoms with Crippen LogP contribution in [0, 0.1) is 0 Å². The molecule has 72 valence electrons. The van der Waals surface area contributed by atoms with Crippen LogP contribution in [0.25, 0.3) is 11.0 Å². The van der Waals surface area contributed by atoms with E-state index in [1.807, 2.05) is 12.1 Å². The van der Waals surface area contributed by atoms with E-state index >= 15 is 0 Å². The van der Waals surface area contributed by atoms with Crippen molar-refractivity contribution >= 4 is 16.9 Å². The Morgan fingerprint density at radius 2 is 2.29 bits per heavy atom. The summed E-state index contributed by atoms with van der Waals surface area (Å²) >= 11 is 0. The van der Waals surface area contributed by atoms with Crippen molar-refractivity contribution in [2.24, 2.45) is 0 Å². The number of fused-ring (bicyclic) bond motifs is 1. The Labute approximate surface area is 81.1 Å². The van der Waals surface area contributed by atoms with Gasteiger partial charge < -0.3 is 4.74 Å². The molecule has 1 aromatic heterocycles. The molecule has 4 nitrogen and oxygen atoms in total. The van der Waals surface area contributed by atoms with Gasteiger partial charge in [0.1, 0.15) is 12.1 Å². The average molecular weight is 190 g/mol. The molecule has 0 atom stereocenters. The fraction of sp³-hybridized carbons (Fsp3) is 0.200. The number of hydrogen-bond acceptors (Lipinski definition) is 3. The fourth-order valence-corrected chi connectivity index (χ4v) is 1.37. The lowest BCUT2D eigenvalue weighted by molar-refractivity contribution is 0.0941. The SMILES string of the molecule is COc1ccc2c(c1)ncn2C(C)=O. The largest absolute Gasteiger partial charge is 0.497 e. The predicted molar refractivity (Wildman–Crippen MR) is 52.6 cm³/mol. The zero-order valence-corrected chi connectivity index (χ0v) is 8.02. The zero-order chi connectivity index (χ0) is 10.1. The van der Waals surface area contributed by atoms with E-state index in [0.29, 0.717) is 0 Å². The van der Waals surface area contributed by atoms with E-state index in [2.05, 4.69) is 4.98 Å². The van der Waals surface area contributed by atoms with Gasteiger partial charge in [0, 0.05) is 13.0 Å². The summed E-state index contributed by atoms with van der Waals surface area (Å²) < 4.78 is 6.57. The Hall–Kier alpha value is -1.84.